The molecule has 1 saturated heterocycles. The first-order chi connectivity index (χ1) is 8.90. The zero-order valence-corrected chi connectivity index (χ0v) is 11.9. The highest BCUT2D eigenvalue weighted by molar-refractivity contribution is 7.99. The van der Waals surface area contributed by atoms with Crippen LogP contribution in [0.15, 0.2) is 28.7 Å². The van der Waals surface area contributed by atoms with Crippen molar-refractivity contribution in [3.63, 3.8) is 0 Å². The summed E-state index contributed by atoms with van der Waals surface area (Å²) in [5.74, 6) is 1.71. The SMILES string of the molecule is CC1(C)CSCC(O)(c2cc3cccc(F)c3o2)C1. The molecule has 0 spiro atoms. The number of furan rings is 1. The van der Waals surface area contributed by atoms with Crippen molar-refractivity contribution in [3.8, 4) is 0 Å². The first-order valence-corrected chi connectivity index (χ1v) is 7.54. The zero-order chi connectivity index (χ0) is 13.7. The zero-order valence-electron chi connectivity index (χ0n) is 11.1. The number of halogens is 1. The van der Waals surface area contributed by atoms with Crippen LogP contribution >= 0.6 is 11.8 Å². The number of para-hydroxylation sites is 1. The second-order valence-corrected chi connectivity index (χ2v) is 7.12. The molecule has 0 radical (unpaired) electrons. The van der Waals surface area contributed by atoms with E-state index in [-0.39, 0.29) is 16.8 Å². The van der Waals surface area contributed by atoms with Crippen LogP contribution in [0.2, 0.25) is 0 Å². The Labute approximate surface area is 116 Å². The van der Waals surface area contributed by atoms with Gasteiger partial charge in [0.2, 0.25) is 0 Å². The van der Waals surface area contributed by atoms with Crippen LogP contribution in [-0.4, -0.2) is 16.6 Å². The van der Waals surface area contributed by atoms with Crippen LogP contribution in [0, 0.1) is 11.2 Å². The molecule has 1 unspecified atom stereocenters. The molecule has 19 heavy (non-hydrogen) atoms. The summed E-state index contributed by atoms with van der Waals surface area (Å²) in [6, 6.07) is 6.59. The predicted molar refractivity (Wildman–Crippen MR) is 75.8 cm³/mol. The van der Waals surface area contributed by atoms with Gasteiger partial charge in [-0.05, 0) is 29.7 Å². The normalized spacial score (nSPS) is 26.7. The van der Waals surface area contributed by atoms with Gasteiger partial charge in [0.25, 0.3) is 0 Å². The number of fused-ring (bicyclic) bond motifs is 1. The number of aliphatic hydroxyl groups is 1. The molecule has 1 aromatic heterocycles. The minimum atomic E-state index is -1.00. The Bertz CT molecular complexity index is 620. The molecule has 3 rings (SSSR count). The van der Waals surface area contributed by atoms with Gasteiger partial charge in [0.15, 0.2) is 11.4 Å². The molecule has 0 aliphatic carbocycles. The molecule has 4 heteroatoms. The molecule has 0 saturated carbocycles. The van der Waals surface area contributed by atoms with Gasteiger partial charge in [0.05, 0.1) is 0 Å². The van der Waals surface area contributed by atoms with Gasteiger partial charge in [0, 0.05) is 11.1 Å². The molecule has 1 fully saturated rings. The Morgan fingerprint density at radius 3 is 2.79 bits per heavy atom. The Balaban J connectivity index is 2.06. The molecule has 0 amide bonds. The van der Waals surface area contributed by atoms with Gasteiger partial charge in [-0.25, -0.2) is 4.39 Å². The van der Waals surface area contributed by atoms with E-state index in [1.165, 1.54) is 6.07 Å². The van der Waals surface area contributed by atoms with Gasteiger partial charge in [0.1, 0.15) is 11.4 Å². The first kappa shape index (κ1) is 13.0. The summed E-state index contributed by atoms with van der Waals surface area (Å²) in [5.41, 5.74) is -0.716. The molecule has 1 N–H and O–H groups in total. The number of benzene rings is 1. The molecule has 1 atom stereocenters. The van der Waals surface area contributed by atoms with E-state index in [9.17, 15) is 9.50 Å². The van der Waals surface area contributed by atoms with Gasteiger partial charge in [-0.15, -0.1) is 0 Å². The third-order valence-electron chi connectivity index (χ3n) is 3.56. The van der Waals surface area contributed by atoms with E-state index in [0.29, 0.717) is 23.3 Å². The maximum absolute atomic E-state index is 13.7. The molecular formula is C15H17FO2S. The lowest BCUT2D eigenvalue weighted by Crippen LogP contribution is -2.39. The van der Waals surface area contributed by atoms with Crippen molar-refractivity contribution in [2.75, 3.05) is 11.5 Å². The maximum Gasteiger partial charge on any atom is 0.170 e. The van der Waals surface area contributed by atoms with Crippen molar-refractivity contribution < 1.29 is 13.9 Å². The number of thioether (sulfide) groups is 1. The largest absolute Gasteiger partial charge is 0.455 e. The fraction of sp³-hybridized carbons (Fsp3) is 0.467. The Morgan fingerprint density at radius 2 is 2.11 bits per heavy atom. The van der Waals surface area contributed by atoms with E-state index in [4.69, 9.17) is 4.42 Å². The Morgan fingerprint density at radius 1 is 1.32 bits per heavy atom. The standard InChI is InChI=1S/C15H17FO2S/c1-14(2)7-15(17,9-19-8-14)12-6-10-4-3-5-11(16)13(10)18-12/h3-6,17H,7-9H2,1-2H3. The monoisotopic (exact) mass is 280 g/mol. The van der Waals surface area contributed by atoms with Crippen LogP contribution in [0.4, 0.5) is 4.39 Å². The van der Waals surface area contributed by atoms with Gasteiger partial charge in [-0.3, -0.25) is 0 Å². The highest BCUT2D eigenvalue weighted by atomic mass is 32.2. The lowest BCUT2D eigenvalue weighted by Gasteiger charge is -2.39. The number of hydrogen-bond acceptors (Lipinski definition) is 3. The van der Waals surface area contributed by atoms with Crippen molar-refractivity contribution >= 4 is 22.7 Å². The van der Waals surface area contributed by atoms with E-state index in [1.54, 1.807) is 30.0 Å². The highest BCUT2D eigenvalue weighted by Crippen LogP contribution is 2.45. The second-order valence-electron chi connectivity index (χ2n) is 6.13. The van der Waals surface area contributed by atoms with Crippen molar-refractivity contribution in [1.82, 2.24) is 0 Å². The third kappa shape index (κ3) is 2.28. The fourth-order valence-electron chi connectivity index (χ4n) is 2.80. The lowest BCUT2D eigenvalue weighted by molar-refractivity contribution is -0.00233. The Kier molecular flexibility index (Phi) is 2.91. The fourth-order valence-corrected chi connectivity index (χ4v) is 4.14. The summed E-state index contributed by atoms with van der Waals surface area (Å²) in [6.45, 7) is 4.26. The topological polar surface area (TPSA) is 33.4 Å². The van der Waals surface area contributed by atoms with Crippen molar-refractivity contribution in [2.45, 2.75) is 25.9 Å². The summed E-state index contributed by atoms with van der Waals surface area (Å²) in [4.78, 5) is 0. The summed E-state index contributed by atoms with van der Waals surface area (Å²) < 4.78 is 19.3. The minimum absolute atomic E-state index is 0.0508. The van der Waals surface area contributed by atoms with E-state index in [1.807, 2.05) is 0 Å². The molecule has 102 valence electrons. The van der Waals surface area contributed by atoms with Gasteiger partial charge < -0.3 is 9.52 Å². The highest BCUT2D eigenvalue weighted by Gasteiger charge is 2.42. The molecule has 2 nitrogen and oxygen atoms in total. The van der Waals surface area contributed by atoms with Crippen LogP contribution in [0.3, 0.4) is 0 Å². The van der Waals surface area contributed by atoms with E-state index in [2.05, 4.69) is 13.8 Å². The van der Waals surface area contributed by atoms with Gasteiger partial charge in [-0.1, -0.05) is 26.0 Å². The molecule has 1 aliphatic heterocycles. The number of rotatable bonds is 1. The summed E-state index contributed by atoms with van der Waals surface area (Å²) in [5, 5.41) is 11.5. The predicted octanol–water partition coefficient (Wildman–Crippen LogP) is 3.92. The molecule has 1 aromatic carbocycles. The average Bonchev–Trinajstić information content (AvgIpc) is 2.73. The van der Waals surface area contributed by atoms with Crippen LogP contribution in [-0.2, 0) is 5.60 Å². The molecule has 1 aliphatic rings. The maximum atomic E-state index is 13.7. The summed E-state index contributed by atoms with van der Waals surface area (Å²) >= 11 is 1.71. The van der Waals surface area contributed by atoms with Crippen molar-refractivity contribution in [1.29, 1.82) is 0 Å². The molecule has 0 bridgehead atoms. The molecule has 2 aromatic rings. The van der Waals surface area contributed by atoms with Gasteiger partial charge >= 0.3 is 0 Å². The lowest BCUT2D eigenvalue weighted by atomic mass is 9.81. The molecule has 2 heterocycles. The van der Waals surface area contributed by atoms with Crippen LogP contribution in [0.25, 0.3) is 11.0 Å². The quantitative estimate of drug-likeness (QED) is 0.859. The average molecular weight is 280 g/mol. The smallest absolute Gasteiger partial charge is 0.170 e. The number of hydrogen-bond donors (Lipinski definition) is 1. The minimum Gasteiger partial charge on any atom is -0.455 e. The van der Waals surface area contributed by atoms with E-state index < -0.39 is 5.60 Å². The first-order valence-electron chi connectivity index (χ1n) is 6.38. The third-order valence-corrected chi connectivity index (χ3v) is 5.23. The van der Waals surface area contributed by atoms with Crippen LogP contribution < -0.4 is 0 Å². The van der Waals surface area contributed by atoms with Crippen molar-refractivity contribution in [3.05, 3.63) is 35.8 Å². The van der Waals surface area contributed by atoms with E-state index >= 15 is 0 Å². The van der Waals surface area contributed by atoms with Crippen LogP contribution in [0.1, 0.15) is 26.0 Å². The summed E-state index contributed by atoms with van der Waals surface area (Å²) in [7, 11) is 0. The second kappa shape index (κ2) is 4.25. The molecular weight excluding hydrogens is 263 g/mol. The summed E-state index contributed by atoms with van der Waals surface area (Å²) in [6.07, 6.45) is 0.633. The van der Waals surface area contributed by atoms with Crippen LogP contribution in [0.5, 0.6) is 0 Å². The van der Waals surface area contributed by atoms with Crippen molar-refractivity contribution in [2.24, 2.45) is 5.41 Å². The van der Waals surface area contributed by atoms with E-state index in [0.717, 1.165) is 5.75 Å². The Hall–Kier alpha value is -1.00. The van der Waals surface area contributed by atoms with Gasteiger partial charge in [-0.2, -0.15) is 11.8 Å².